The molecular weight excluding hydrogens is 267 g/mol. The van der Waals surface area contributed by atoms with Crippen LogP contribution in [0.15, 0.2) is 28.9 Å². The van der Waals surface area contributed by atoms with Gasteiger partial charge in [-0.2, -0.15) is 0 Å². The van der Waals surface area contributed by atoms with Crippen LogP contribution in [-0.2, 0) is 11.0 Å². The van der Waals surface area contributed by atoms with Crippen molar-refractivity contribution in [2.24, 2.45) is 0 Å². The molecule has 7 heteroatoms. The Morgan fingerprint density at radius 1 is 1.37 bits per heavy atom. The molecule has 2 aromatic heterocycles. The molecule has 6 nitrogen and oxygen atoms in total. The molecule has 0 radical (unpaired) electrons. The zero-order chi connectivity index (χ0) is 14.0. The van der Waals surface area contributed by atoms with Gasteiger partial charge in [0.25, 0.3) is 0 Å². The first kappa shape index (κ1) is 13.8. The first-order chi connectivity index (χ1) is 8.93. The van der Waals surface area contributed by atoms with Crippen LogP contribution in [0.5, 0.6) is 0 Å². The molecule has 0 bridgehead atoms. The third kappa shape index (κ3) is 2.87. The maximum Gasteiger partial charge on any atom is 0.360 e. The zero-order valence-corrected chi connectivity index (χ0v) is 11.3. The summed E-state index contributed by atoms with van der Waals surface area (Å²) in [6.45, 7) is 2.01. The van der Waals surface area contributed by atoms with E-state index in [2.05, 4.69) is 4.98 Å². The van der Waals surface area contributed by atoms with E-state index in [-0.39, 0.29) is 16.9 Å². The number of nitrogen functional groups attached to an aromatic ring is 1. The molecule has 0 aliphatic rings. The minimum absolute atomic E-state index is 0.0871. The van der Waals surface area contributed by atoms with Gasteiger partial charge in [0.2, 0.25) is 0 Å². The molecular formula is C12H15N2O4P. The predicted molar refractivity (Wildman–Crippen MR) is 72.0 cm³/mol. The highest BCUT2D eigenvalue weighted by Gasteiger charge is 2.27. The van der Waals surface area contributed by atoms with Crippen molar-refractivity contribution in [3.63, 3.8) is 0 Å². The van der Waals surface area contributed by atoms with E-state index in [1.165, 1.54) is 12.3 Å². The number of nitrogens with zero attached hydrogens (tertiary/aromatic N) is 1. The summed E-state index contributed by atoms with van der Waals surface area (Å²) in [6, 6.07) is 4.72. The quantitative estimate of drug-likeness (QED) is 0.736. The van der Waals surface area contributed by atoms with Gasteiger partial charge in [-0.1, -0.05) is 19.4 Å². The van der Waals surface area contributed by atoms with E-state index >= 15 is 0 Å². The lowest BCUT2D eigenvalue weighted by Crippen LogP contribution is -2.07. The predicted octanol–water partition coefficient (Wildman–Crippen LogP) is 1.68. The van der Waals surface area contributed by atoms with Crippen molar-refractivity contribution < 1.29 is 18.8 Å². The third-order valence-corrected chi connectivity index (χ3v) is 3.67. The van der Waals surface area contributed by atoms with Crippen molar-refractivity contribution in [3.8, 4) is 11.5 Å². The lowest BCUT2D eigenvalue weighted by Gasteiger charge is -2.09. The van der Waals surface area contributed by atoms with Gasteiger partial charge in [0, 0.05) is 0 Å². The highest BCUT2D eigenvalue weighted by atomic mass is 31.2. The van der Waals surface area contributed by atoms with E-state index < -0.39 is 7.60 Å². The van der Waals surface area contributed by atoms with Crippen molar-refractivity contribution in [1.82, 2.24) is 4.98 Å². The Hall–Kier alpha value is -1.62. The molecule has 19 heavy (non-hydrogen) atoms. The number of hydrogen-bond acceptors (Lipinski definition) is 4. The second-order valence-electron chi connectivity index (χ2n) is 4.17. The van der Waals surface area contributed by atoms with Crippen LogP contribution in [0.4, 0.5) is 5.82 Å². The van der Waals surface area contributed by atoms with Gasteiger partial charge in [0.1, 0.15) is 16.8 Å². The molecule has 4 N–H and O–H groups in total. The summed E-state index contributed by atoms with van der Waals surface area (Å²) < 4.78 is 16.6. The fraction of sp³-hybridized carbons (Fsp3) is 0.250. The molecule has 0 aromatic carbocycles. The van der Waals surface area contributed by atoms with E-state index in [0.29, 0.717) is 5.69 Å². The SMILES string of the molecule is CCCc1ccc(N)nc1-c1occc1P(=O)(O)O. The number of aryl methyl sites for hydroxylation is 1. The number of pyridine rings is 1. The minimum Gasteiger partial charge on any atom is -0.462 e. The van der Waals surface area contributed by atoms with Gasteiger partial charge in [-0.15, -0.1) is 0 Å². The van der Waals surface area contributed by atoms with Gasteiger partial charge in [-0.25, -0.2) is 4.98 Å². The van der Waals surface area contributed by atoms with Crippen LogP contribution in [0, 0.1) is 0 Å². The largest absolute Gasteiger partial charge is 0.462 e. The maximum absolute atomic E-state index is 11.4. The van der Waals surface area contributed by atoms with Crippen LogP contribution in [0.1, 0.15) is 18.9 Å². The van der Waals surface area contributed by atoms with Crippen molar-refractivity contribution in [1.29, 1.82) is 0 Å². The van der Waals surface area contributed by atoms with Crippen LogP contribution >= 0.6 is 7.60 Å². The Bertz CT molecular complexity index is 632. The Morgan fingerprint density at radius 2 is 2.11 bits per heavy atom. The molecule has 0 aliphatic carbocycles. The molecule has 2 rings (SSSR count). The summed E-state index contributed by atoms with van der Waals surface area (Å²) in [5, 5.41) is -0.164. The van der Waals surface area contributed by atoms with Crippen LogP contribution < -0.4 is 11.0 Å². The molecule has 0 unspecified atom stereocenters. The lowest BCUT2D eigenvalue weighted by molar-refractivity contribution is 0.387. The molecule has 0 amide bonds. The van der Waals surface area contributed by atoms with Crippen LogP contribution in [0.3, 0.4) is 0 Å². The zero-order valence-electron chi connectivity index (χ0n) is 10.4. The standard InChI is InChI=1S/C12H15N2O4P/c1-2-3-8-4-5-10(13)14-11(8)12-9(6-7-18-12)19(15,16)17/h4-7H,2-3H2,1H3,(H2,13,14)(H2,15,16,17). The summed E-state index contributed by atoms with van der Waals surface area (Å²) >= 11 is 0. The summed E-state index contributed by atoms with van der Waals surface area (Å²) in [6.07, 6.45) is 2.85. The van der Waals surface area contributed by atoms with E-state index in [9.17, 15) is 14.4 Å². The number of aromatic nitrogens is 1. The minimum atomic E-state index is -4.40. The fourth-order valence-electron chi connectivity index (χ4n) is 1.88. The monoisotopic (exact) mass is 282 g/mol. The van der Waals surface area contributed by atoms with Crippen molar-refractivity contribution in [2.75, 3.05) is 5.73 Å². The molecule has 0 aliphatic heterocycles. The first-order valence-corrected chi connectivity index (χ1v) is 7.44. The van der Waals surface area contributed by atoms with Crippen molar-refractivity contribution in [2.45, 2.75) is 19.8 Å². The van der Waals surface area contributed by atoms with E-state index in [1.54, 1.807) is 12.1 Å². The number of hydrogen-bond donors (Lipinski definition) is 3. The average Bonchev–Trinajstić information content (AvgIpc) is 2.80. The number of anilines is 1. The van der Waals surface area contributed by atoms with Gasteiger partial charge in [-0.3, -0.25) is 4.57 Å². The Morgan fingerprint density at radius 3 is 2.74 bits per heavy atom. The van der Waals surface area contributed by atoms with Gasteiger partial charge in [0.05, 0.1) is 6.26 Å². The summed E-state index contributed by atoms with van der Waals surface area (Å²) in [4.78, 5) is 22.8. The summed E-state index contributed by atoms with van der Waals surface area (Å²) in [7, 11) is -4.40. The lowest BCUT2D eigenvalue weighted by atomic mass is 10.1. The highest BCUT2D eigenvalue weighted by molar-refractivity contribution is 7.60. The Balaban J connectivity index is 2.62. The summed E-state index contributed by atoms with van der Waals surface area (Å²) in [5.74, 6) is 0.368. The topological polar surface area (TPSA) is 110 Å². The fourth-order valence-corrected chi connectivity index (χ4v) is 2.56. The van der Waals surface area contributed by atoms with Gasteiger partial charge < -0.3 is 19.9 Å². The number of rotatable bonds is 4. The molecule has 102 valence electrons. The van der Waals surface area contributed by atoms with E-state index in [0.717, 1.165) is 18.4 Å². The third-order valence-electron chi connectivity index (χ3n) is 2.69. The number of nitrogens with two attached hydrogens (primary N) is 1. The molecule has 0 spiro atoms. The summed E-state index contributed by atoms with van der Waals surface area (Å²) in [5.41, 5.74) is 6.88. The molecule has 0 fully saturated rings. The molecule has 0 saturated carbocycles. The van der Waals surface area contributed by atoms with Crippen molar-refractivity contribution >= 4 is 18.7 Å². The van der Waals surface area contributed by atoms with Crippen LogP contribution in [0.25, 0.3) is 11.5 Å². The van der Waals surface area contributed by atoms with Crippen molar-refractivity contribution in [3.05, 3.63) is 30.0 Å². The molecule has 0 saturated heterocycles. The Kier molecular flexibility index (Phi) is 3.75. The smallest absolute Gasteiger partial charge is 0.360 e. The molecule has 0 atom stereocenters. The second-order valence-corrected chi connectivity index (χ2v) is 5.74. The normalized spacial score (nSPS) is 11.7. The molecule has 2 aromatic rings. The van der Waals surface area contributed by atoms with E-state index in [4.69, 9.17) is 10.2 Å². The van der Waals surface area contributed by atoms with Gasteiger partial charge >= 0.3 is 7.60 Å². The van der Waals surface area contributed by atoms with Crippen LogP contribution in [-0.4, -0.2) is 14.8 Å². The second kappa shape index (κ2) is 5.17. The molecule has 2 heterocycles. The average molecular weight is 282 g/mol. The van der Waals surface area contributed by atoms with E-state index in [1.807, 2.05) is 6.92 Å². The highest BCUT2D eigenvalue weighted by Crippen LogP contribution is 2.38. The van der Waals surface area contributed by atoms with Crippen LogP contribution in [0.2, 0.25) is 0 Å². The maximum atomic E-state index is 11.4. The Labute approximate surface area is 110 Å². The first-order valence-electron chi connectivity index (χ1n) is 5.83. The van der Waals surface area contributed by atoms with Gasteiger partial charge in [0.15, 0.2) is 5.76 Å². The van der Waals surface area contributed by atoms with Gasteiger partial charge in [-0.05, 0) is 24.1 Å². The number of furan rings is 1.